The minimum Gasteiger partial charge on any atom is -0.337 e. The Balaban J connectivity index is 2.63. The number of carbonyl (C=O) groups is 1. The van der Waals surface area contributed by atoms with E-state index >= 15 is 0 Å². The monoisotopic (exact) mass is 276 g/mol. The number of nitrogens with zero attached hydrogens (tertiary/aromatic N) is 1. The van der Waals surface area contributed by atoms with Gasteiger partial charge in [-0.05, 0) is 39.7 Å². The Morgan fingerprint density at radius 2 is 1.80 bits per heavy atom. The second kappa shape index (κ2) is 7.44. The molecule has 0 aliphatic heterocycles. The van der Waals surface area contributed by atoms with Gasteiger partial charge in [0.15, 0.2) is 0 Å². The molecule has 1 N–H and O–H groups in total. The van der Waals surface area contributed by atoms with Crippen molar-refractivity contribution in [3.63, 3.8) is 0 Å². The predicted molar refractivity (Wildman–Crippen MR) is 84.6 cm³/mol. The summed E-state index contributed by atoms with van der Waals surface area (Å²) >= 11 is 0. The molecular weight excluding hydrogens is 248 g/mol. The van der Waals surface area contributed by atoms with Crippen LogP contribution in [0.15, 0.2) is 24.3 Å². The number of hydrogen-bond donors (Lipinski definition) is 1. The van der Waals surface area contributed by atoms with Crippen LogP contribution in [0.1, 0.15) is 45.2 Å². The van der Waals surface area contributed by atoms with E-state index in [0.717, 1.165) is 13.0 Å². The van der Waals surface area contributed by atoms with Crippen LogP contribution in [0.2, 0.25) is 0 Å². The second-order valence-corrected chi connectivity index (χ2v) is 6.40. The smallest absolute Gasteiger partial charge is 0.236 e. The molecular formula is C17H28N2O. The Labute approximate surface area is 123 Å². The lowest BCUT2D eigenvalue weighted by Crippen LogP contribution is -2.44. The summed E-state index contributed by atoms with van der Waals surface area (Å²) in [6, 6.07) is 8.39. The molecule has 1 aromatic carbocycles. The van der Waals surface area contributed by atoms with Crippen molar-refractivity contribution in [2.75, 3.05) is 13.1 Å². The first kappa shape index (κ1) is 16.7. The molecule has 20 heavy (non-hydrogen) atoms. The fourth-order valence-electron chi connectivity index (χ4n) is 1.93. The Bertz CT molecular complexity index is 418. The van der Waals surface area contributed by atoms with E-state index < -0.39 is 0 Å². The van der Waals surface area contributed by atoms with Gasteiger partial charge in [0.05, 0.1) is 6.54 Å². The fourth-order valence-corrected chi connectivity index (χ4v) is 1.93. The van der Waals surface area contributed by atoms with Gasteiger partial charge in [-0.1, -0.05) is 36.8 Å². The maximum Gasteiger partial charge on any atom is 0.236 e. The van der Waals surface area contributed by atoms with Gasteiger partial charge >= 0.3 is 0 Å². The average molecular weight is 276 g/mol. The van der Waals surface area contributed by atoms with Gasteiger partial charge in [0.1, 0.15) is 0 Å². The highest BCUT2D eigenvalue weighted by Crippen LogP contribution is 2.08. The van der Waals surface area contributed by atoms with Crippen molar-refractivity contribution in [2.24, 2.45) is 0 Å². The van der Waals surface area contributed by atoms with Gasteiger partial charge < -0.3 is 10.2 Å². The summed E-state index contributed by atoms with van der Waals surface area (Å²) in [5.74, 6) is 0.169. The number of nitrogens with one attached hydrogen (secondary N) is 1. The van der Waals surface area contributed by atoms with Crippen LogP contribution in [0.5, 0.6) is 0 Å². The van der Waals surface area contributed by atoms with Crippen LogP contribution in [0.4, 0.5) is 0 Å². The minimum atomic E-state index is -0.0304. The molecule has 0 aromatic heterocycles. The molecule has 0 heterocycles. The fraction of sp³-hybridized carbons (Fsp3) is 0.588. The largest absolute Gasteiger partial charge is 0.337 e. The molecule has 3 nitrogen and oxygen atoms in total. The van der Waals surface area contributed by atoms with Crippen LogP contribution in [0.25, 0.3) is 0 Å². The standard InChI is InChI=1S/C17H28N2O/c1-6-11-19(16(20)12-18-17(3,4)5)13-15-9-7-14(2)8-10-15/h7-10,18H,6,11-13H2,1-5H3. The zero-order chi connectivity index (χ0) is 15.2. The van der Waals surface area contributed by atoms with Gasteiger partial charge in [0, 0.05) is 18.6 Å². The summed E-state index contributed by atoms with van der Waals surface area (Å²) in [6.07, 6.45) is 0.979. The third-order valence-electron chi connectivity index (χ3n) is 3.11. The lowest BCUT2D eigenvalue weighted by atomic mass is 10.1. The zero-order valence-electron chi connectivity index (χ0n) is 13.5. The summed E-state index contributed by atoms with van der Waals surface area (Å²) < 4.78 is 0. The molecule has 1 amide bonds. The molecule has 0 fully saturated rings. The molecule has 0 atom stereocenters. The van der Waals surface area contributed by atoms with E-state index in [4.69, 9.17) is 0 Å². The number of rotatable bonds is 6. The summed E-state index contributed by atoms with van der Waals surface area (Å²) in [6.45, 7) is 12.3. The van der Waals surface area contributed by atoms with Gasteiger partial charge in [-0.2, -0.15) is 0 Å². The van der Waals surface area contributed by atoms with E-state index in [1.807, 2.05) is 4.90 Å². The van der Waals surface area contributed by atoms with Crippen LogP contribution in [0, 0.1) is 6.92 Å². The lowest BCUT2D eigenvalue weighted by molar-refractivity contribution is -0.131. The molecule has 0 spiro atoms. The second-order valence-electron chi connectivity index (χ2n) is 6.40. The third kappa shape index (κ3) is 6.20. The molecule has 1 rings (SSSR count). The predicted octanol–water partition coefficient (Wildman–Crippen LogP) is 3.12. The topological polar surface area (TPSA) is 32.3 Å². The van der Waals surface area contributed by atoms with E-state index in [1.54, 1.807) is 0 Å². The van der Waals surface area contributed by atoms with Crippen molar-refractivity contribution < 1.29 is 4.79 Å². The molecule has 0 saturated heterocycles. The third-order valence-corrected chi connectivity index (χ3v) is 3.11. The summed E-state index contributed by atoms with van der Waals surface area (Å²) in [4.78, 5) is 14.2. The van der Waals surface area contributed by atoms with Crippen LogP contribution in [0.3, 0.4) is 0 Å². The number of amides is 1. The van der Waals surface area contributed by atoms with Gasteiger partial charge in [-0.25, -0.2) is 0 Å². The molecule has 0 bridgehead atoms. The van der Waals surface area contributed by atoms with E-state index in [2.05, 4.69) is 64.2 Å². The summed E-state index contributed by atoms with van der Waals surface area (Å²) in [7, 11) is 0. The van der Waals surface area contributed by atoms with E-state index in [1.165, 1.54) is 11.1 Å². The quantitative estimate of drug-likeness (QED) is 0.866. The number of carbonyl (C=O) groups excluding carboxylic acids is 1. The van der Waals surface area contributed by atoms with Crippen LogP contribution in [-0.4, -0.2) is 29.4 Å². The Morgan fingerprint density at radius 3 is 2.30 bits per heavy atom. The van der Waals surface area contributed by atoms with Crippen molar-refractivity contribution in [3.8, 4) is 0 Å². The molecule has 1 aromatic rings. The number of benzene rings is 1. The van der Waals surface area contributed by atoms with Crippen LogP contribution in [-0.2, 0) is 11.3 Å². The number of hydrogen-bond acceptors (Lipinski definition) is 2. The average Bonchev–Trinajstić information content (AvgIpc) is 2.37. The maximum absolute atomic E-state index is 12.3. The Hall–Kier alpha value is -1.35. The van der Waals surface area contributed by atoms with Gasteiger partial charge in [-0.3, -0.25) is 4.79 Å². The van der Waals surface area contributed by atoms with Crippen molar-refractivity contribution >= 4 is 5.91 Å². The first-order valence-electron chi connectivity index (χ1n) is 7.40. The molecule has 0 unspecified atom stereocenters. The first-order chi connectivity index (χ1) is 9.31. The SMILES string of the molecule is CCCN(Cc1ccc(C)cc1)C(=O)CNC(C)(C)C. The molecule has 0 aliphatic rings. The summed E-state index contributed by atoms with van der Waals surface area (Å²) in [5, 5.41) is 3.26. The van der Waals surface area contributed by atoms with Crippen LogP contribution >= 0.6 is 0 Å². The minimum absolute atomic E-state index is 0.0304. The van der Waals surface area contributed by atoms with E-state index in [9.17, 15) is 4.79 Å². The first-order valence-corrected chi connectivity index (χ1v) is 7.40. The molecule has 112 valence electrons. The van der Waals surface area contributed by atoms with E-state index in [0.29, 0.717) is 13.1 Å². The molecule has 0 saturated carbocycles. The van der Waals surface area contributed by atoms with Gasteiger partial charge in [-0.15, -0.1) is 0 Å². The zero-order valence-corrected chi connectivity index (χ0v) is 13.5. The van der Waals surface area contributed by atoms with Crippen LogP contribution < -0.4 is 5.32 Å². The van der Waals surface area contributed by atoms with Crippen molar-refractivity contribution in [2.45, 2.75) is 53.1 Å². The molecule has 0 aliphatic carbocycles. The summed E-state index contributed by atoms with van der Waals surface area (Å²) in [5.41, 5.74) is 2.40. The number of aryl methyl sites for hydroxylation is 1. The Morgan fingerprint density at radius 1 is 1.20 bits per heavy atom. The highest BCUT2D eigenvalue weighted by Gasteiger charge is 2.16. The molecule has 3 heteroatoms. The van der Waals surface area contributed by atoms with Gasteiger partial charge in [0.25, 0.3) is 0 Å². The molecule has 0 radical (unpaired) electrons. The van der Waals surface area contributed by atoms with Crippen molar-refractivity contribution in [1.82, 2.24) is 10.2 Å². The van der Waals surface area contributed by atoms with Gasteiger partial charge in [0.2, 0.25) is 5.91 Å². The van der Waals surface area contributed by atoms with Crippen molar-refractivity contribution in [3.05, 3.63) is 35.4 Å². The normalized spacial score (nSPS) is 11.4. The van der Waals surface area contributed by atoms with Crippen molar-refractivity contribution in [1.29, 1.82) is 0 Å². The van der Waals surface area contributed by atoms with E-state index in [-0.39, 0.29) is 11.4 Å². The highest BCUT2D eigenvalue weighted by molar-refractivity contribution is 5.78. The maximum atomic E-state index is 12.3. The lowest BCUT2D eigenvalue weighted by Gasteiger charge is -2.26. The highest BCUT2D eigenvalue weighted by atomic mass is 16.2. The Kier molecular flexibility index (Phi) is 6.21.